The number of fused-ring (bicyclic) bond motifs is 2. The number of hydrogen-bond acceptors (Lipinski definition) is 7. The minimum absolute atomic E-state index is 0.0829. The van der Waals surface area contributed by atoms with Crippen LogP contribution in [0.15, 0.2) is 61.4 Å². The molecule has 37 heavy (non-hydrogen) atoms. The molecule has 0 atom stereocenters. The second kappa shape index (κ2) is 9.19. The Labute approximate surface area is 209 Å². The molecule has 0 aliphatic heterocycles. The zero-order valence-electron chi connectivity index (χ0n) is 19.7. The van der Waals surface area contributed by atoms with Crippen molar-refractivity contribution in [2.45, 2.75) is 19.8 Å². The molecule has 0 fully saturated rings. The topological polar surface area (TPSA) is 138 Å². The fourth-order valence-corrected chi connectivity index (χ4v) is 4.22. The van der Waals surface area contributed by atoms with Gasteiger partial charge in [-0.3, -0.25) is 24.8 Å². The molecule has 1 amide bonds. The van der Waals surface area contributed by atoms with Crippen molar-refractivity contribution in [2.24, 2.45) is 0 Å². The van der Waals surface area contributed by atoms with Crippen LogP contribution in [0, 0.1) is 5.82 Å². The monoisotopic (exact) mass is 493 g/mol. The van der Waals surface area contributed by atoms with Crippen molar-refractivity contribution in [2.75, 3.05) is 5.32 Å². The van der Waals surface area contributed by atoms with Crippen LogP contribution in [-0.4, -0.2) is 46.0 Å². The highest BCUT2D eigenvalue weighted by Crippen LogP contribution is 2.34. The van der Waals surface area contributed by atoms with E-state index in [1.165, 1.54) is 18.6 Å². The Hall–Kier alpha value is -5.06. The van der Waals surface area contributed by atoms with Gasteiger partial charge in [0.2, 0.25) is 5.91 Å². The number of aromatic amines is 2. The van der Waals surface area contributed by atoms with E-state index < -0.39 is 5.82 Å². The molecule has 10 nitrogen and oxygen atoms in total. The highest BCUT2D eigenvalue weighted by Gasteiger charge is 2.21. The van der Waals surface area contributed by atoms with Crippen LogP contribution in [0.3, 0.4) is 0 Å². The number of anilines is 1. The molecule has 0 aliphatic carbocycles. The second-order valence-electron chi connectivity index (χ2n) is 8.43. The van der Waals surface area contributed by atoms with Crippen LogP contribution in [0.25, 0.3) is 56.0 Å². The lowest BCUT2D eigenvalue weighted by Crippen LogP contribution is -2.10. The van der Waals surface area contributed by atoms with E-state index in [1.54, 1.807) is 24.7 Å². The number of H-pyrrole nitrogens is 2. The number of carbonyl (C=O) groups excluding carboxylic acids is 1. The quantitative estimate of drug-likeness (QED) is 0.300. The van der Waals surface area contributed by atoms with Gasteiger partial charge in [-0.2, -0.15) is 5.10 Å². The number of pyridine rings is 4. The van der Waals surface area contributed by atoms with Gasteiger partial charge in [0.15, 0.2) is 17.3 Å². The molecule has 0 unspecified atom stereocenters. The number of nitrogens with one attached hydrogen (secondary N) is 3. The number of carbonyl (C=O) groups is 1. The Bertz CT molecular complexity index is 1760. The van der Waals surface area contributed by atoms with Crippen molar-refractivity contribution in [1.29, 1.82) is 0 Å². The maximum Gasteiger partial charge on any atom is 0.224 e. The summed E-state index contributed by atoms with van der Waals surface area (Å²) in [5, 5.41) is 10.2. The van der Waals surface area contributed by atoms with Gasteiger partial charge in [0.05, 0.1) is 34.5 Å². The third-order valence-electron chi connectivity index (χ3n) is 5.91. The second-order valence-corrected chi connectivity index (χ2v) is 8.43. The van der Waals surface area contributed by atoms with E-state index in [1.807, 2.05) is 25.1 Å². The van der Waals surface area contributed by atoms with Gasteiger partial charge in [0, 0.05) is 47.9 Å². The third-order valence-corrected chi connectivity index (χ3v) is 5.91. The molecular formula is C26H20FN9O. The van der Waals surface area contributed by atoms with E-state index in [0.29, 0.717) is 45.9 Å². The summed E-state index contributed by atoms with van der Waals surface area (Å²) in [5.41, 5.74) is 4.61. The zero-order valence-corrected chi connectivity index (χ0v) is 19.7. The molecule has 0 bridgehead atoms. The first kappa shape index (κ1) is 22.4. The normalized spacial score (nSPS) is 11.3. The van der Waals surface area contributed by atoms with Gasteiger partial charge in [-0.25, -0.2) is 14.4 Å². The van der Waals surface area contributed by atoms with Crippen LogP contribution in [0.2, 0.25) is 0 Å². The fraction of sp³-hybridized carbons (Fsp3) is 0.115. The highest BCUT2D eigenvalue weighted by molar-refractivity contribution is 5.97. The molecule has 0 saturated carbocycles. The van der Waals surface area contributed by atoms with Gasteiger partial charge in [0.25, 0.3) is 0 Å². The summed E-state index contributed by atoms with van der Waals surface area (Å²) in [5.74, 6) is -0.354. The van der Waals surface area contributed by atoms with Crippen molar-refractivity contribution in [3.8, 4) is 33.9 Å². The minimum Gasteiger partial charge on any atom is -0.335 e. The number of amides is 1. The molecular weight excluding hydrogens is 473 g/mol. The standard InChI is InChI=1S/C26H20FN9O/c1-2-4-19(37)32-16-9-15(11-29-12-16)22-21(27)20-18(13-31-22)35-36-24(20)26-33-23-17(6-8-30-25(23)34-26)14-5-3-7-28-10-14/h3,5-13H,2,4H2,1H3,(H,32,37)(H,35,36)(H,30,33,34). The molecule has 0 aromatic carbocycles. The lowest BCUT2D eigenvalue weighted by molar-refractivity contribution is -0.116. The number of halogens is 1. The first-order valence-electron chi connectivity index (χ1n) is 11.7. The Kier molecular flexibility index (Phi) is 5.56. The average molecular weight is 494 g/mol. The van der Waals surface area contributed by atoms with Gasteiger partial charge >= 0.3 is 0 Å². The van der Waals surface area contributed by atoms with Crippen molar-refractivity contribution < 1.29 is 9.18 Å². The zero-order chi connectivity index (χ0) is 25.4. The SMILES string of the molecule is CCCC(=O)Nc1cncc(-c2ncc3[nH]nc(-c4nc5nccc(-c6cccnc6)c5[nH]4)c3c2F)c1. The van der Waals surface area contributed by atoms with Crippen molar-refractivity contribution in [3.63, 3.8) is 0 Å². The summed E-state index contributed by atoms with van der Waals surface area (Å²) >= 11 is 0. The van der Waals surface area contributed by atoms with Crippen LogP contribution >= 0.6 is 0 Å². The predicted octanol–water partition coefficient (Wildman–Crippen LogP) is 4.90. The Morgan fingerprint density at radius 1 is 1.03 bits per heavy atom. The fourth-order valence-electron chi connectivity index (χ4n) is 4.22. The van der Waals surface area contributed by atoms with Crippen molar-refractivity contribution in [3.05, 3.63) is 67.3 Å². The Morgan fingerprint density at radius 2 is 1.92 bits per heavy atom. The molecule has 0 saturated heterocycles. The molecule has 3 N–H and O–H groups in total. The maximum atomic E-state index is 15.9. The molecule has 182 valence electrons. The number of rotatable bonds is 6. The van der Waals surface area contributed by atoms with Crippen LogP contribution in [0.5, 0.6) is 0 Å². The first-order valence-corrected chi connectivity index (χ1v) is 11.7. The molecule has 0 spiro atoms. The third kappa shape index (κ3) is 4.05. The molecule has 11 heteroatoms. The smallest absolute Gasteiger partial charge is 0.224 e. The first-order chi connectivity index (χ1) is 18.1. The maximum absolute atomic E-state index is 15.9. The molecule has 0 aliphatic rings. The van der Waals surface area contributed by atoms with Crippen LogP contribution in [-0.2, 0) is 4.79 Å². The summed E-state index contributed by atoms with van der Waals surface area (Å²) in [6.07, 6.45) is 10.7. The summed E-state index contributed by atoms with van der Waals surface area (Å²) in [6.45, 7) is 1.92. The summed E-state index contributed by atoms with van der Waals surface area (Å²) in [7, 11) is 0. The van der Waals surface area contributed by atoms with Crippen molar-refractivity contribution >= 4 is 33.7 Å². The molecule has 0 radical (unpaired) electrons. The predicted molar refractivity (Wildman–Crippen MR) is 137 cm³/mol. The van der Waals surface area contributed by atoms with Gasteiger partial charge in [-0.15, -0.1) is 0 Å². The van der Waals surface area contributed by atoms with Crippen LogP contribution < -0.4 is 5.32 Å². The number of nitrogens with zero attached hydrogens (tertiary/aromatic N) is 6. The van der Waals surface area contributed by atoms with Gasteiger partial charge in [0.1, 0.15) is 11.4 Å². The van der Waals surface area contributed by atoms with Crippen LogP contribution in [0.1, 0.15) is 19.8 Å². The summed E-state index contributed by atoms with van der Waals surface area (Å²) < 4.78 is 15.9. The summed E-state index contributed by atoms with van der Waals surface area (Å²) in [6, 6.07) is 7.30. The molecule has 6 heterocycles. The molecule has 6 rings (SSSR count). The van der Waals surface area contributed by atoms with Gasteiger partial charge in [-0.05, 0) is 24.6 Å². The summed E-state index contributed by atoms with van der Waals surface area (Å²) in [4.78, 5) is 36.8. The number of imidazole rings is 1. The van der Waals surface area contributed by atoms with Crippen molar-refractivity contribution in [1.82, 2.24) is 40.1 Å². The lowest BCUT2D eigenvalue weighted by atomic mass is 10.1. The van der Waals surface area contributed by atoms with Gasteiger partial charge < -0.3 is 10.3 Å². The minimum atomic E-state index is -0.582. The van der Waals surface area contributed by atoms with Gasteiger partial charge in [-0.1, -0.05) is 13.0 Å². The van der Waals surface area contributed by atoms with E-state index in [0.717, 1.165) is 17.5 Å². The van der Waals surface area contributed by atoms with E-state index in [2.05, 4.69) is 45.4 Å². The number of aromatic nitrogens is 8. The van der Waals surface area contributed by atoms with E-state index in [4.69, 9.17) is 0 Å². The largest absolute Gasteiger partial charge is 0.335 e. The lowest BCUT2D eigenvalue weighted by Gasteiger charge is -2.07. The molecule has 6 aromatic heterocycles. The Balaban J connectivity index is 1.44. The Morgan fingerprint density at radius 3 is 2.76 bits per heavy atom. The van der Waals surface area contributed by atoms with E-state index in [9.17, 15) is 4.79 Å². The average Bonchev–Trinajstić information content (AvgIpc) is 3.54. The van der Waals surface area contributed by atoms with E-state index >= 15 is 4.39 Å². The van der Waals surface area contributed by atoms with E-state index in [-0.39, 0.29) is 17.0 Å². The number of hydrogen-bond donors (Lipinski definition) is 3. The highest BCUT2D eigenvalue weighted by atomic mass is 19.1. The van der Waals surface area contributed by atoms with Crippen LogP contribution in [0.4, 0.5) is 10.1 Å². The molecule has 6 aromatic rings.